The molecule has 6 heteroatoms. The zero-order chi connectivity index (χ0) is 27.2. The van der Waals surface area contributed by atoms with Crippen LogP contribution in [0.1, 0.15) is 28.8 Å². The van der Waals surface area contributed by atoms with Crippen LogP contribution in [0.15, 0.2) is 91.0 Å². The maximum absolute atomic E-state index is 14.0. The monoisotopic (exact) mass is 526 g/mol. The van der Waals surface area contributed by atoms with E-state index in [1.807, 2.05) is 36.1 Å². The third kappa shape index (κ3) is 4.22. The van der Waals surface area contributed by atoms with Gasteiger partial charge in [0.25, 0.3) is 5.91 Å². The number of amides is 1. The van der Waals surface area contributed by atoms with Crippen molar-refractivity contribution >= 4 is 27.8 Å². The highest BCUT2D eigenvalue weighted by molar-refractivity contribution is 5.99. The second-order valence-electron chi connectivity index (χ2n) is 10.4. The summed E-state index contributed by atoms with van der Waals surface area (Å²) < 4.78 is 8.23. The van der Waals surface area contributed by atoms with Gasteiger partial charge in [-0.2, -0.15) is 0 Å². The molecule has 1 aliphatic rings. The van der Waals surface area contributed by atoms with Crippen molar-refractivity contribution in [2.45, 2.75) is 26.9 Å². The van der Waals surface area contributed by atoms with Crippen LogP contribution >= 0.6 is 0 Å². The molecule has 0 atom stereocenters. The first-order chi connectivity index (χ1) is 19.6. The van der Waals surface area contributed by atoms with E-state index in [1.54, 1.807) is 0 Å². The van der Waals surface area contributed by atoms with Gasteiger partial charge in [0.2, 0.25) is 0 Å². The molecule has 6 nitrogen and oxygen atoms in total. The van der Waals surface area contributed by atoms with Crippen molar-refractivity contribution in [1.82, 2.24) is 19.4 Å². The lowest BCUT2D eigenvalue weighted by Gasteiger charge is -2.21. The van der Waals surface area contributed by atoms with Crippen LogP contribution in [0.25, 0.3) is 44.2 Å². The minimum atomic E-state index is 0.0236. The average Bonchev–Trinajstić information content (AvgIpc) is 3.47. The zero-order valence-electron chi connectivity index (χ0n) is 22.6. The van der Waals surface area contributed by atoms with Crippen LogP contribution in [0, 0.1) is 6.92 Å². The van der Waals surface area contributed by atoms with Gasteiger partial charge in [0.1, 0.15) is 23.9 Å². The van der Waals surface area contributed by atoms with Crippen LogP contribution in [0.2, 0.25) is 0 Å². The number of aryl methyl sites for hydroxylation is 2. The zero-order valence-corrected chi connectivity index (χ0v) is 22.6. The van der Waals surface area contributed by atoms with E-state index in [0.29, 0.717) is 31.9 Å². The fourth-order valence-corrected chi connectivity index (χ4v) is 5.81. The average molecular weight is 527 g/mol. The number of aromatic amines is 1. The fourth-order valence-electron chi connectivity index (χ4n) is 5.81. The van der Waals surface area contributed by atoms with Crippen molar-refractivity contribution in [3.05, 3.63) is 108 Å². The first kappa shape index (κ1) is 24.2. The van der Waals surface area contributed by atoms with Crippen molar-refractivity contribution in [2.75, 3.05) is 13.2 Å². The Labute approximate surface area is 232 Å². The van der Waals surface area contributed by atoms with E-state index in [1.165, 1.54) is 5.56 Å². The predicted molar refractivity (Wildman–Crippen MR) is 160 cm³/mol. The SMILES string of the molecule is CCn1c(C(=O)N2CCOc3ccc(-c4ccc5nc(C)[nH]c5c4)cc3C2)cc2ccc(-c3ccccc3)cc21. The molecule has 3 heterocycles. The molecular weight excluding hydrogens is 496 g/mol. The molecule has 0 spiro atoms. The Bertz CT molecular complexity index is 1880. The number of aromatic nitrogens is 3. The van der Waals surface area contributed by atoms with E-state index in [4.69, 9.17) is 4.74 Å². The Morgan fingerprint density at radius 1 is 0.900 bits per heavy atom. The van der Waals surface area contributed by atoms with Crippen LogP contribution in [-0.4, -0.2) is 38.5 Å². The summed E-state index contributed by atoms with van der Waals surface area (Å²) in [5.41, 5.74) is 9.26. The summed E-state index contributed by atoms with van der Waals surface area (Å²) in [6.07, 6.45) is 0. The van der Waals surface area contributed by atoms with Gasteiger partial charge in [-0.25, -0.2) is 4.98 Å². The standard InChI is InChI=1S/C34H30N4O2/c1-3-38-31-19-26(23-7-5-4-6-8-23)9-10-27(31)20-32(38)34(39)37-15-16-40-33-14-12-24(17-28(33)21-37)25-11-13-29-30(18-25)36-22(2)35-29/h4-14,17-20H,3,15-16,21H2,1-2H3,(H,35,36). The van der Waals surface area contributed by atoms with Crippen molar-refractivity contribution in [3.8, 4) is 28.0 Å². The second-order valence-corrected chi connectivity index (χ2v) is 10.4. The quantitative estimate of drug-likeness (QED) is 0.264. The Kier molecular flexibility index (Phi) is 5.89. The van der Waals surface area contributed by atoms with Crippen molar-refractivity contribution in [1.29, 1.82) is 0 Å². The van der Waals surface area contributed by atoms with Gasteiger partial charge in [-0.3, -0.25) is 4.79 Å². The maximum atomic E-state index is 14.0. The number of imidazole rings is 1. The molecule has 0 unspecified atom stereocenters. The minimum absolute atomic E-state index is 0.0236. The van der Waals surface area contributed by atoms with Crippen LogP contribution in [0.4, 0.5) is 0 Å². The molecule has 7 rings (SSSR count). The minimum Gasteiger partial charge on any atom is -0.491 e. The van der Waals surface area contributed by atoms with E-state index in [2.05, 4.69) is 88.2 Å². The summed E-state index contributed by atoms with van der Waals surface area (Å²) in [6, 6.07) is 31.3. The molecule has 1 N–H and O–H groups in total. The van der Waals surface area contributed by atoms with Gasteiger partial charge in [0, 0.05) is 29.6 Å². The highest BCUT2D eigenvalue weighted by Crippen LogP contribution is 2.32. The molecule has 6 aromatic rings. The summed E-state index contributed by atoms with van der Waals surface area (Å²) >= 11 is 0. The number of hydrogen-bond acceptors (Lipinski definition) is 3. The maximum Gasteiger partial charge on any atom is 0.270 e. The van der Waals surface area contributed by atoms with Gasteiger partial charge in [0.05, 0.1) is 17.6 Å². The van der Waals surface area contributed by atoms with Crippen molar-refractivity contribution in [2.24, 2.45) is 0 Å². The number of nitrogens with zero attached hydrogens (tertiary/aromatic N) is 3. The molecule has 0 bridgehead atoms. The molecule has 0 aliphatic carbocycles. The number of carbonyl (C=O) groups is 1. The number of H-pyrrole nitrogens is 1. The van der Waals surface area contributed by atoms with E-state index in [-0.39, 0.29) is 5.91 Å². The summed E-state index contributed by atoms with van der Waals surface area (Å²) in [4.78, 5) is 23.8. The summed E-state index contributed by atoms with van der Waals surface area (Å²) in [5.74, 6) is 1.76. The first-order valence-electron chi connectivity index (χ1n) is 13.8. The molecule has 1 aliphatic heterocycles. The third-order valence-electron chi connectivity index (χ3n) is 7.81. The van der Waals surface area contributed by atoms with Gasteiger partial charge in [0.15, 0.2) is 0 Å². The predicted octanol–water partition coefficient (Wildman–Crippen LogP) is 7.21. The van der Waals surface area contributed by atoms with Gasteiger partial charge < -0.3 is 19.2 Å². The van der Waals surface area contributed by atoms with Crippen LogP contribution < -0.4 is 4.74 Å². The lowest BCUT2D eigenvalue weighted by atomic mass is 10.0. The van der Waals surface area contributed by atoms with Crippen LogP contribution in [0.5, 0.6) is 5.75 Å². The number of benzene rings is 4. The molecule has 1 amide bonds. The fraction of sp³-hybridized carbons (Fsp3) is 0.176. The van der Waals surface area contributed by atoms with Gasteiger partial charge in [-0.1, -0.05) is 54.6 Å². The molecule has 0 fully saturated rings. The van der Waals surface area contributed by atoms with Crippen molar-refractivity contribution < 1.29 is 9.53 Å². The number of nitrogens with one attached hydrogen (secondary N) is 1. The largest absolute Gasteiger partial charge is 0.491 e. The number of fused-ring (bicyclic) bond motifs is 3. The summed E-state index contributed by atoms with van der Waals surface area (Å²) in [6.45, 7) is 6.25. The lowest BCUT2D eigenvalue weighted by molar-refractivity contribution is 0.0723. The Hall–Kier alpha value is -4.84. The summed E-state index contributed by atoms with van der Waals surface area (Å²) in [5, 5.41) is 1.07. The van der Waals surface area contributed by atoms with Crippen molar-refractivity contribution in [3.63, 3.8) is 0 Å². The molecular formula is C34H30N4O2. The number of carbonyl (C=O) groups excluding carboxylic acids is 1. The highest BCUT2D eigenvalue weighted by atomic mass is 16.5. The third-order valence-corrected chi connectivity index (χ3v) is 7.81. The topological polar surface area (TPSA) is 63.1 Å². The first-order valence-corrected chi connectivity index (χ1v) is 13.8. The molecule has 0 saturated carbocycles. The smallest absolute Gasteiger partial charge is 0.270 e. The van der Waals surface area contributed by atoms with Gasteiger partial charge in [-0.15, -0.1) is 0 Å². The Morgan fingerprint density at radius 3 is 2.52 bits per heavy atom. The van der Waals surface area contributed by atoms with Crippen LogP contribution in [0.3, 0.4) is 0 Å². The lowest BCUT2D eigenvalue weighted by Crippen LogP contribution is -2.33. The second kappa shape index (κ2) is 9.72. The number of ether oxygens (including phenoxy) is 1. The van der Waals surface area contributed by atoms with E-state index >= 15 is 0 Å². The van der Waals surface area contributed by atoms with E-state index in [0.717, 1.165) is 55.8 Å². The molecule has 40 heavy (non-hydrogen) atoms. The van der Waals surface area contributed by atoms with E-state index < -0.39 is 0 Å². The van der Waals surface area contributed by atoms with E-state index in [9.17, 15) is 4.79 Å². The van der Waals surface area contributed by atoms with Gasteiger partial charge >= 0.3 is 0 Å². The van der Waals surface area contributed by atoms with Gasteiger partial charge in [-0.05, 0) is 72.5 Å². The molecule has 4 aromatic carbocycles. The molecule has 2 aromatic heterocycles. The number of rotatable bonds is 4. The molecule has 198 valence electrons. The Morgan fingerprint density at radius 2 is 1.68 bits per heavy atom. The normalized spacial score (nSPS) is 13.3. The molecule has 0 radical (unpaired) electrons. The Balaban J connectivity index is 1.21. The molecule has 0 saturated heterocycles. The van der Waals surface area contributed by atoms with Crippen LogP contribution in [-0.2, 0) is 13.1 Å². The number of hydrogen-bond donors (Lipinski definition) is 1. The summed E-state index contributed by atoms with van der Waals surface area (Å²) in [7, 11) is 0. The highest BCUT2D eigenvalue weighted by Gasteiger charge is 2.25.